The van der Waals surface area contributed by atoms with E-state index in [0.717, 1.165) is 57.3 Å². The third-order valence-corrected chi connectivity index (χ3v) is 10.3. The monoisotopic (exact) mass is 690 g/mol. The van der Waals surface area contributed by atoms with Gasteiger partial charge in [-0.1, -0.05) is 18.2 Å². The summed E-state index contributed by atoms with van der Waals surface area (Å²) in [5.74, 6) is 0.885. The number of amides is 1. The van der Waals surface area contributed by atoms with Gasteiger partial charge < -0.3 is 20.3 Å². The summed E-state index contributed by atoms with van der Waals surface area (Å²) in [6.07, 6.45) is 8.16. The number of nitrogens with zero attached hydrogens (tertiary/aromatic N) is 6. The molecule has 2 aromatic carbocycles. The number of piperazine rings is 1. The Morgan fingerprint density at radius 3 is 2.55 bits per heavy atom. The molecule has 4 aliphatic rings. The Labute approximate surface area is 292 Å². The fourth-order valence-corrected chi connectivity index (χ4v) is 7.80. The predicted molar refractivity (Wildman–Crippen MR) is 190 cm³/mol. The van der Waals surface area contributed by atoms with Gasteiger partial charge in [-0.15, -0.1) is 0 Å². The van der Waals surface area contributed by atoms with Crippen LogP contribution in [0.25, 0.3) is 0 Å². The number of ether oxygens (including phenoxy) is 1. The molecule has 49 heavy (non-hydrogen) atoms. The Bertz CT molecular complexity index is 1660. The summed E-state index contributed by atoms with van der Waals surface area (Å²) in [6.45, 7) is 11.6. The fraction of sp³-hybridized carbons (Fsp3) is 0.472. The summed E-state index contributed by atoms with van der Waals surface area (Å²) in [7, 11) is 1.62. The lowest BCUT2D eigenvalue weighted by Crippen LogP contribution is -2.57. The van der Waals surface area contributed by atoms with Gasteiger partial charge in [0.15, 0.2) is 5.82 Å². The van der Waals surface area contributed by atoms with Crippen LogP contribution in [0.15, 0.2) is 55.4 Å². The maximum Gasteiger partial charge on any atom is 0.247 e. The van der Waals surface area contributed by atoms with Crippen molar-refractivity contribution in [3.8, 4) is 5.75 Å². The molecule has 1 aromatic heterocycles. The van der Waals surface area contributed by atoms with Gasteiger partial charge in [-0.05, 0) is 68.5 Å². The van der Waals surface area contributed by atoms with Gasteiger partial charge in [-0.25, -0.2) is 19.4 Å². The number of halogens is 2. The Kier molecular flexibility index (Phi) is 9.91. The summed E-state index contributed by atoms with van der Waals surface area (Å²) in [5.41, 5.74) is 2.86. The van der Waals surface area contributed by atoms with Crippen LogP contribution < -0.4 is 25.3 Å². The SMILES string of the molecule is C=CC(=O)Nc1cc(Nc2cc(N3OCCC3c3cc(F)cc(Cl)c3)ncn2)c(OC)cc1N1CCC(N2CCN(C3CC3)C(C)C2)CC1. The van der Waals surface area contributed by atoms with Crippen LogP contribution in [-0.4, -0.2) is 90.2 Å². The molecule has 11 nitrogen and oxygen atoms in total. The molecule has 7 rings (SSSR count). The van der Waals surface area contributed by atoms with E-state index in [1.54, 1.807) is 24.3 Å². The molecule has 3 saturated heterocycles. The first kappa shape index (κ1) is 33.5. The number of hydrogen-bond donors (Lipinski definition) is 2. The molecule has 1 amide bonds. The summed E-state index contributed by atoms with van der Waals surface area (Å²) >= 11 is 6.15. The highest BCUT2D eigenvalue weighted by molar-refractivity contribution is 6.30. The molecule has 2 unspecified atom stereocenters. The number of aromatic nitrogens is 2. The smallest absolute Gasteiger partial charge is 0.247 e. The van der Waals surface area contributed by atoms with E-state index in [1.165, 1.54) is 37.4 Å². The van der Waals surface area contributed by atoms with Crippen LogP contribution in [-0.2, 0) is 9.63 Å². The molecular weight excluding hydrogens is 647 g/mol. The molecule has 0 bridgehead atoms. The quantitative estimate of drug-likeness (QED) is 0.241. The second-order valence-electron chi connectivity index (χ2n) is 13.3. The molecule has 3 aromatic rings. The van der Waals surface area contributed by atoms with Crippen LogP contribution in [0.2, 0.25) is 5.02 Å². The number of anilines is 5. The third kappa shape index (κ3) is 7.47. The molecule has 260 valence electrons. The van der Waals surface area contributed by atoms with E-state index in [0.29, 0.717) is 64.5 Å². The molecule has 1 aliphatic carbocycles. The Morgan fingerprint density at radius 1 is 1.02 bits per heavy atom. The highest BCUT2D eigenvalue weighted by Crippen LogP contribution is 2.41. The molecule has 4 heterocycles. The summed E-state index contributed by atoms with van der Waals surface area (Å²) in [5, 5.41) is 8.34. The van der Waals surface area contributed by atoms with Gasteiger partial charge in [-0.3, -0.25) is 19.4 Å². The molecule has 1 saturated carbocycles. The van der Waals surface area contributed by atoms with Crippen LogP contribution in [0.4, 0.5) is 33.1 Å². The van der Waals surface area contributed by atoms with Crippen LogP contribution in [0.3, 0.4) is 0 Å². The van der Waals surface area contributed by atoms with Crippen molar-refractivity contribution < 1.29 is 18.8 Å². The van der Waals surface area contributed by atoms with Crippen LogP contribution in [0, 0.1) is 5.82 Å². The van der Waals surface area contributed by atoms with Gasteiger partial charge in [0, 0.05) is 74.4 Å². The van der Waals surface area contributed by atoms with E-state index in [1.807, 2.05) is 12.1 Å². The second kappa shape index (κ2) is 14.5. The van der Waals surface area contributed by atoms with Crippen molar-refractivity contribution >= 4 is 46.2 Å². The van der Waals surface area contributed by atoms with E-state index in [4.69, 9.17) is 21.2 Å². The maximum atomic E-state index is 14.2. The summed E-state index contributed by atoms with van der Waals surface area (Å²) in [6, 6.07) is 11.8. The maximum absolute atomic E-state index is 14.2. The topological polar surface area (TPSA) is 98.3 Å². The van der Waals surface area contributed by atoms with E-state index in [9.17, 15) is 9.18 Å². The third-order valence-electron chi connectivity index (χ3n) is 10.1. The van der Waals surface area contributed by atoms with Gasteiger partial charge in [0.05, 0.1) is 36.8 Å². The van der Waals surface area contributed by atoms with Gasteiger partial charge >= 0.3 is 0 Å². The number of benzene rings is 2. The lowest BCUT2D eigenvalue weighted by molar-refractivity contribution is -0.111. The minimum atomic E-state index is -0.407. The first-order valence-corrected chi connectivity index (χ1v) is 17.5. The van der Waals surface area contributed by atoms with Crippen molar-refractivity contribution in [3.63, 3.8) is 0 Å². The largest absolute Gasteiger partial charge is 0.494 e. The first-order valence-electron chi connectivity index (χ1n) is 17.2. The lowest BCUT2D eigenvalue weighted by atomic mass is 9.99. The summed E-state index contributed by atoms with van der Waals surface area (Å²) < 4.78 is 20.0. The van der Waals surface area contributed by atoms with Crippen LogP contribution in [0.1, 0.15) is 50.6 Å². The molecule has 13 heteroatoms. The number of hydrogen-bond acceptors (Lipinski definition) is 10. The van der Waals surface area contributed by atoms with Crippen molar-refractivity contribution in [2.24, 2.45) is 0 Å². The number of carbonyl (C=O) groups excluding carboxylic acids is 1. The summed E-state index contributed by atoms with van der Waals surface area (Å²) in [4.78, 5) is 35.1. The Balaban J connectivity index is 1.08. The number of carbonyl (C=O) groups is 1. The molecule has 0 spiro atoms. The van der Waals surface area contributed by atoms with Gasteiger partial charge in [0.2, 0.25) is 5.91 Å². The average Bonchev–Trinajstić information content (AvgIpc) is 3.82. The van der Waals surface area contributed by atoms with Crippen molar-refractivity contribution in [2.45, 2.75) is 63.2 Å². The van der Waals surface area contributed by atoms with Crippen LogP contribution >= 0.6 is 11.6 Å². The average molecular weight is 691 g/mol. The first-order chi connectivity index (χ1) is 23.8. The highest BCUT2D eigenvalue weighted by Gasteiger charge is 2.38. The second-order valence-corrected chi connectivity index (χ2v) is 13.8. The van der Waals surface area contributed by atoms with Crippen molar-refractivity contribution in [1.82, 2.24) is 19.8 Å². The number of nitrogens with one attached hydrogen (secondary N) is 2. The molecule has 2 N–H and O–H groups in total. The molecular formula is C36H44ClFN8O3. The van der Waals surface area contributed by atoms with Gasteiger partial charge in [0.25, 0.3) is 0 Å². The number of methoxy groups -OCH3 is 1. The zero-order chi connectivity index (χ0) is 34.1. The van der Waals surface area contributed by atoms with Crippen molar-refractivity contribution in [1.29, 1.82) is 0 Å². The van der Waals surface area contributed by atoms with Crippen molar-refractivity contribution in [3.05, 3.63) is 71.8 Å². The molecule has 0 radical (unpaired) electrons. The lowest BCUT2D eigenvalue weighted by Gasteiger charge is -2.46. The molecule has 4 fully saturated rings. The minimum Gasteiger partial charge on any atom is -0.494 e. The number of hydroxylamine groups is 1. The normalized spacial score (nSPS) is 22.3. The molecule has 3 aliphatic heterocycles. The Morgan fingerprint density at radius 2 is 1.84 bits per heavy atom. The number of rotatable bonds is 10. The van der Waals surface area contributed by atoms with Crippen LogP contribution in [0.5, 0.6) is 5.75 Å². The van der Waals surface area contributed by atoms with Gasteiger partial charge in [0.1, 0.15) is 23.7 Å². The van der Waals surface area contributed by atoms with E-state index >= 15 is 0 Å². The fourth-order valence-electron chi connectivity index (χ4n) is 7.57. The van der Waals surface area contributed by atoms with E-state index < -0.39 is 5.82 Å². The Hall–Kier alpha value is -3.97. The van der Waals surface area contributed by atoms with E-state index in [-0.39, 0.29) is 11.9 Å². The molecule has 2 atom stereocenters. The number of piperidine rings is 1. The minimum absolute atomic E-state index is 0.273. The van der Waals surface area contributed by atoms with Gasteiger partial charge in [-0.2, -0.15) is 0 Å². The zero-order valence-corrected chi connectivity index (χ0v) is 28.8. The zero-order valence-electron chi connectivity index (χ0n) is 28.1. The van der Waals surface area contributed by atoms with E-state index in [2.05, 4.69) is 48.8 Å². The standard InChI is InChI=1S/C36H44ClFN8O3/c1-4-36(47)42-29-18-30(41-34-20-35(40-22-39-34)46-31(9-14-49-46)24-15-25(37)17-26(38)16-24)33(48-3)19-32(29)43-10-7-27(8-11-43)44-12-13-45(23(2)21-44)28-5-6-28/h4,15-20,22-23,27-28,31H,1,5-14,21H2,2-3H3,(H,42,47)(H,39,40,41). The van der Waals surface area contributed by atoms with Crippen molar-refractivity contribution in [2.75, 3.05) is 67.0 Å². The highest BCUT2D eigenvalue weighted by atomic mass is 35.5. The predicted octanol–water partition coefficient (Wildman–Crippen LogP) is 6.17.